The van der Waals surface area contributed by atoms with Gasteiger partial charge >= 0.3 is 0 Å². The largest absolute Gasteiger partial charge is 0.383 e. The number of nitrogen functional groups attached to an aromatic ring is 1. The molecule has 0 aliphatic heterocycles. The number of aryl methyl sites for hydroxylation is 1. The zero-order valence-electron chi connectivity index (χ0n) is 10.4. The number of unbranched alkanes of at least 4 members (excludes halogenated alkanes) is 1. The molecular formula is C14H16N4. The zero-order chi connectivity index (χ0) is 13.0. The number of nitrogens with zero attached hydrogens (tertiary/aromatic N) is 3. The Bertz CT molecular complexity index is 578. The highest BCUT2D eigenvalue weighted by atomic mass is 15.1. The highest BCUT2D eigenvalue weighted by molar-refractivity contribution is 5.75. The van der Waals surface area contributed by atoms with Gasteiger partial charge in [-0.05, 0) is 12.5 Å². The Hall–Kier alpha value is -2.28. The predicted molar refractivity (Wildman–Crippen MR) is 71.7 cm³/mol. The van der Waals surface area contributed by atoms with E-state index < -0.39 is 0 Å². The summed E-state index contributed by atoms with van der Waals surface area (Å²) in [6.07, 6.45) is 3.93. The summed E-state index contributed by atoms with van der Waals surface area (Å²) < 4.78 is 1.94. The number of anilines is 1. The van der Waals surface area contributed by atoms with Gasteiger partial charge in [0, 0.05) is 12.1 Å². The summed E-state index contributed by atoms with van der Waals surface area (Å²) in [5.41, 5.74) is 8.19. The van der Waals surface area contributed by atoms with Gasteiger partial charge < -0.3 is 10.3 Å². The van der Waals surface area contributed by atoms with Crippen molar-refractivity contribution in [3.8, 4) is 17.3 Å². The summed E-state index contributed by atoms with van der Waals surface area (Å²) in [5, 5.41) is 9.09. The zero-order valence-corrected chi connectivity index (χ0v) is 10.4. The summed E-state index contributed by atoms with van der Waals surface area (Å²) in [6.45, 7) is 3.00. The first kappa shape index (κ1) is 12.2. The van der Waals surface area contributed by atoms with Crippen LogP contribution in [0.4, 0.5) is 5.82 Å². The quantitative estimate of drug-likeness (QED) is 0.893. The van der Waals surface area contributed by atoms with Crippen LogP contribution in [0.1, 0.15) is 25.3 Å². The number of rotatable bonds is 4. The van der Waals surface area contributed by atoms with Crippen LogP contribution in [0, 0.1) is 11.3 Å². The lowest BCUT2D eigenvalue weighted by atomic mass is 10.1. The van der Waals surface area contributed by atoms with Gasteiger partial charge in [0.25, 0.3) is 0 Å². The van der Waals surface area contributed by atoms with Gasteiger partial charge in [0.05, 0.1) is 18.0 Å². The minimum absolute atomic E-state index is 0.602. The average molecular weight is 240 g/mol. The number of nitrogens with two attached hydrogens (primary N) is 1. The van der Waals surface area contributed by atoms with Crippen molar-refractivity contribution >= 4 is 5.82 Å². The first-order chi connectivity index (χ1) is 8.77. The van der Waals surface area contributed by atoms with Crippen molar-refractivity contribution in [2.75, 3.05) is 5.73 Å². The lowest BCUT2D eigenvalue weighted by molar-refractivity contribution is 0.637. The molecule has 0 atom stereocenters. The minimum Gasteiger partial charge on any atom is -0.383 e. The van der Waals surface area contributed by atoms with Crippen LogP contribution in [0.5, 0.6) is 0 Å². The molecule has 0 fully saturated rings. The molecule has 1 heterocycles. The van der Waals surface area contributed by atoms with Gasteiger partial charge in [-0.25, -0.2) is 4.98 Å². The molecule has 0 amide bonds. The number of imidazole rings is 1. The predicted octanol–water partition coefficient (Wildman–Crippen LogP) is 2.80. The molecule has 0 saturated carbocycles. The number of nitriles is 1. The van der Waals surface area contributed by atoms with Crippen molar-refractivity contribution in [2.45, 2.75) is 26.3 Å². The van der Waals surface area contributed by atoms with Crippen LogP contribution in [-0.4, -0.2) is 9.55 Å². The van der Waals surface area contributed by atoms with E-state index in [0.717, 1.165) is 24.9 Å². The Morgan fingerprint density at radius 2 is 2.17 bits per heavy atom. The summed E-state index contributed by atoms with van der Waals surface area (Å²) in [6, 6.07) is 9.55. The van der Waals surface area contributed by atoms with Gasteiger partial charge in [-0.1, -0.05) is 31.5 Å². The van der Waals surface area contributed by atoms with Crippen molar-refractivity contribution in [2.24, 2.45) is 0 Å². The molecule has 2 aromatic rings. The van der Waals surface area contributed by atoms with E-state index in [1.165, 1.54) is 0 Å². The van der Waals surface area contributed by atoms with Crippen LogP contribution >= 0.6 is 0 Å². The van der Waals surface area contributed by atoms with E-state index in [2.05, 4.69) is 18.0 Å². The van der Waals surface area contributed by atoms with E-state index in [0.29, 0.717) is 17.1 Å². The molecular weight excluding hydrogens is 224 g/mol. The van der Waals surface area contributed by atoms with Crippen LogP contribution in [0.25, 0.3) is 11.3 Å². The fourth-order valence-electron chi connectivity index (χ4n) is 1.89. The maximum Gasteiger partial charge on any atom is 0.131 e. The first-order valence-electron chi connectivity index (χ1n) is 6.08. The smallest absolute Gasteiger partial charge is 0.131 e. The summed E-state index contributed by atoms with van der Waals surface area (Å²) in [7, 11) is 0. The van der Waals surface area contributed by atoms with Gasteiger partial charge in [0.2, 0.25) is 0 Å². The van der Waals surface area contributed by atoms with Crippen molar-refractivity contribution in [3.05, 3.63) is 36.2 Å². The number of benzene rings is 1. The van der Waals surface area contributed by atoms with E-state index in [1.807, 2.05) is 22.8 Å². The lowest BCUT2D eigenvalue weighted by Gasteiger charge is -2.05. The Labute approximate surface area is 107 Å². The van der Waals surface area contributed by atoms with Crippen LogP contribution in [-0.2, 0) is 6.54 Å². The van der Waals surface area contributed by atoms with Gasteiger partial charge in [0.15, 0.2) is 0 Å². The maximum atomic E-state index is 9.09. The topological polar surface area (TPSA) is 67.6 Å². The molecule has 92 valence electrons. The maximum absolute atomic E-state index is 9.09. The van der Waals surface area contributed by atoms with Crippen molar-refractivity contribution < 1.29 is 0 Å². The molecule has 2 rings (SSSR count). The Balaban J connectivity index is 2.40. The number of hydrogen-bond acceptors (Lipinski definition) is 3. The SMILES string of the molecule is CCCCn1cnc(-c2ccccc2C#N)c1N. The normalized spacial score (nSPS) is 10.2. The highest BCUT2D eigenvalue weighted by Gasteiger charge is 2.12. The molecule has 0 aliphatic carbocycles. The summed E-state index contributed by atoms with van der Waals surface area (Å²) in [4.78, 5) is 4.33. The highest BCUT2D eigenvalue weighted by Crippen LogP contribution is 2.27. The van der Waals surface area contributed by atoms with Crippen LogP contribution in [0.3, 0.4) is 0 Å². The van der Waals surface area contributed by atoms with Gasteiger partial charge in [-0.2, -0.15) is 5.26 Å². The minimum atomic E-state index is 0.602. The monoisotopic (exact) mass is 240 g/mol. The lowest BCUT2D eigenvalue weighted by Crippen LogP contribution is -2.02. The molecule has 18 heavy (non-hydrogen) atoms. The molecule has 1 aromatic heterocycles. The number of aromatic nitrogens is 2. The molecule has 0 radical (unpaired) electrons. The Morgan fingerprint density at radius 1 is 1.39 bits per heavy atom. The second-order valence-electron chi connectivity index (χ2n) is 4.18. The summed E-state index contributed by atoms with van der Waals surface area (Å²) >= 11 is 0. The van der Waals surface area contributed by atoms with E-state index in [9.17, 15) is 0 Å². The van der Waals surface area contributed by atoms with E-state index >= 15 is 0 Å². The van der Waals surface area contributed by atoms with Crippen LogP contribution in [0.2, 0.25) is 0 Å². The number of hydrogen-bond donors (Lipinski definition) is 1. The molecule has 0 bridgehead atoms. The molecule has 0 aliphatic rings. The van der Waals surface area contributed by atoms with Crippen molar-refractivity contribution in [1.82, 2.24) is 9.55 Å². The fourth-order valence-corrected chi connectivity index (χ4v) is 1.89. The summed E-state index contributed by atoms with van der Waals surface area (Å²) in [5.74, 6) is 0.631. The average Bonchev–Trinajstić information content (AvgIpc) is 2.77. The van der Waals surface area contributed by atoms with Gasteiger partial charge in [0.1, 0.15) is 11.5 Å². The molecule has 4 heteroatoms. The van der Waals surface area contributed by atoms with Crippen LogP contribution < -0.4 is 5.73 Å². The molecule has 4 nitrogen and oxygen atoms in total. The standard InChI is InChI=1S/C14H16N4/c1-2-3-8-18-10-17-13(14(18)16)12-7-5-4-6-11(12)9-15/h4-7,10H,2-3,8,16H2,1H3. The van der Waals surface area contributed by atoms with Gasteiger partial charge in [-0.15, -0.1) is 0 Å². The second-order valence-corrected chi connectivity index (χ2v) is 4.18. The van der Waals surface area contributed by atoms with E-state index in [4.69, 9.17) is 11.0 Å². The van der Waals surface area contributed by atoms with E-state index in [-0.39, 0.29) is 0 Å². The molecule has 1 aromatic carbocycles. The van der Waals surface area contributed by atoms with Crippen molar-refractivity contribution in [1.29, 1.82) is 5.26 Å². The van der Waals surface area contributed by atoms with E-state index in [1.54, 1.807) is 12.4 Å². The third-order valence-electron chi connectivity index (χ3n) is 2.93. The fraction of sp³-hybridized carbons (Fsp3) is 0.286. The Morgan fingerprint density at radius 3 is 2.89 bits per heavy atom. The third-order valence-corrected chi connectivity index (χ3v) is 2.93. The molecule has 0 saturated heterocycles. The second kappa shape index (κ2) is 5.37. The molecule has 2 N–H and O–H groups in total. The third kappa shape index (κ3) is 2.21. The molecule has 0 unspecified atom stereocenters. The Kier molecular flexibility index (Phi) is 3.63. The molecule has 0 spiro atoms. The van der Waals surface area contributed by atoms with Gasteiger partial charge in [-0.3, -0.25) is 0 Å². The first-order valence-corrected chi connectivity index (χ1v) is 6.08. The van der Waals surface area contributed by atoms with Crippen molar-refractivity contribution in [3.63, 3.8) is 0 Å². The van der Waals surface area contributed by atoms with Crippen LogP contribution in [0.15, 0.2) is 30.6 Å².